The highest BCUT2D eigenvalue weighted by Gasteiger charge is 2.03. The predicted octanol–water partition coefficient (Wildman–Crippen LogP) is 3.52. The van der Waals surface area contributed by atoms with E-state index in [1.165, 1.54) is 26.7 Å². The van der Waals surface area contributed by atoms with Crippen molar-refractivity contribution in [3.8, 4) is 10.4 Å². The lowest BCUT2D eigenvalue weighted by atomic mass is 10.2. The number of thiophene rings is 2. The quantitative estimate of drug-likeness (QED) is 0.757. The first-order chi connectivity index (χ1) is 9.31. The standard InChI is InChI=1S/C13H12N2OS3/c16-13-15-10(8-19-13)5-14-6-11-4-9(7-18-11)12-2-1-3-17-12/h1-4,7-8,14H,5-6H2,(H,15,16). The van der Waals surface area contributed by atoms with Crippen molar-refractivity contribution in [3.05, 3.63) is 54.6 Å². The van der Waals surface area contributed by atoms with Crippen molar-refractivity contribution in [1.29, 1.82) is 0 Å². The molecule has 0 aliphatic rings. The summed E-state index contributed by atoms with van der Waals surface area (Å²) in [5, 5.41) is 9.49. The molecule has 0 amide bonds. The summed E-state index contributed by atoms with van der Waals surface area (Å²) in [6.07, 6.45) is 0. The summed E-state index contributed by atoms with van der Waals surface area (Å²) in [6.45, 7) is 1.53. The van der Waals surface area contributed by atoms with Gasteiger partial charge in [-0.05, 0) is 22.9 Å². The normalized spacial score (nSPS) is 10.9. The Morgan fingerprint density at radius 2 is 2.11 bits per heavy atom. The second kappa shape index (κ2) is 5.83. The fourth-order valence-electron chi connectivity index (χ4n) is 1.77. The Kier molecular flexibility index (Phi) is 3.93. The molecule has 0 bridgehead atoms. The SMILES string of the molecule is O=c1[nH]c(CNCc2cc(-c3cccs3)cs2)cs1. The van der Waals surface area contributed by atoms with E-state index in [0.717, 1.165) is 12.2 Å². The van der Waals surface area contributed by atoms with Gasteiger partial charge in [0.15, 0.2) is 0 Å². The van der Waals surface area contributed by atoms with Crippen LogP contribution in [-0.4, -0.2) is 4.98 Å². The smallest absolute Gasteiger partial charge is 0.304 e. The molecule has 3 rings (SSSR count). The molecule has 2 N–H and O–H groups in total. The van der Waals surface area contributed by atoms with Gasteiger partial charge in [0.1, 0.15) is 0 Å². The molecule has 0 spiro atoms. The maximum absolute atomic E-state index is 11.0. The van der Waals surface area contributed by atoms with Crippen molar-refractivity contribution in [2.24, 2.45) is 0 Å². The van der Waals surface area contributed by atoms with Gasteiger partial charge in [0.2, 0.25) is 0 Å². The number of thiazole rings is 1. The highest BCUT2D eigenvalue weighted by molar-refractivity contribution is 7.14. The van der Waals surface area contributed by atoms with E-state index in [9.17, 15) is 4.79 Å². The molecule has 0 radical (unpaired) electrons. The lowest BCUT2D eigenvalue weighted by molar-refractivity contribution is 0.689. The topological polar surface area (TPSA) is 44.9 Å². The van der Waals surface area contributed by atoms with Gasteiger partial charge in [0.25, 0.3) is 0 Å². The molecule has 0 unspecified atom stereocenters. The molecule has 98 valence electrons. The zero-order valence-electron chi connectivity index (χ0n) is 10.0. The molecule has 19 heavy (non-hydrogen) atoms. The molecule has 3 heterocycles. The van der Waals surface area contributed by atoms with Crippen LogP contribution < -0.4 is 10.2 Å². The van der Waals surface area contributed by atoms with Gasteiger partial charge in [-0.1, -0.05) is 17.4 Å². The first-order valence-electron chi connectivity index (χ1n) is 5.80. The van der Waals surface area contributed by atoms with Gasteiger partial charge in [0.05, 0.1) is 0 Å². The van der Waals surface area contributed by atoms with E-state index in [4.69, 9.17) is 0 Å². The van der Waals surface area contributed by atoms with Crippen LogP contribution in [0.3, 0.4) is 0 Å². The van der Waals surface area contributed by atoms with Crippen LogP contribution in [-0.2, 0) is 13.1 Å². The molecule has 0 aliphatic carbocycles. The van der Waals surface area contributed by atoms with Crippen LogP contribution in [0, 0.1) is 0 Å². The first-order valence-corrected chi connectivity index (χ1v) is 8.44. The van der Waals surface area contributed by atoms with E-state index in [0.29, 0.717) is 6.54 Å². The van der Waals surface area contributed by atoms with Crippen molar-refractivity contribution in [2.75, 3.05) is 0 Å². The number of aromatic amines is 1. The maximum atomic E-state index is 11.0. The molecular formula is C13H12N2OS3. The Hall–Kier alpha value is -1.21. The molecule has 0 aromatic carbocycles. The monoisotopic (exact) mass is 308 g/mol. The van der Waals surface area contributed by atoms with Crippen molar-refractivity contribution >= 4 is 34.0 Å². The highest BCUT2D eigenvalue weighted by atomic mass is 32.1. The van der Waals surface area contributed by atoms with Crippen LogP contribution in [0.1, 0.15) is 10.6 Å². The Morgan fingerprint density at radius 3 is 2.84 bits per heavy atom. The molecule has 0 saturated heterocycles. The lowest BCUT2D eigenvalue weighted by Gasteiger charge is -1.99. The van der Waals surface area contributed by atoms with Gasteiger partial charge in [-0.25, -0.2) is 0 Å². The van der Waals surface area contributed by atoms with Gasteiger partial charge < -0.3 is 10.3 Å². The zero-order chi connectivity index (χ0) is 13.1. The summed E-state index contributed by atoms with van der Waals surface area (Å²) in [5.74, 6) is 0. The van der Waals surface area contributed by atoms with Crippen molar-refractivity contribution in [3.63, 3.8) is 0 Å². The van der Waals surface area contributed by atoms with Crippen molar-refractivity contribution in [2.45, 2.75) is 13.1 Å². The molecular weight excluding hydrogens is 296 g/mol. The molecule has 3 nitrogen and oxygen atoms in total. The number of H-pyrrole nitrogens is 1. The Morgan fingerprint density at radius 1 is 1.16 bits per heavy atom. The van der Waals surface area contributed by atoms with E-state index < -0.39 is 0 Å². The number of aromatic nitrogens is 1. The van der Waals surface area contributed by atoms with Crippen LogP contribution in [0.2, 0.25) is 0 Å². The Labute approximate surface area is 122 Å². The third kappa shape index (κ3) is 3.22. The lowest BCUT2D eigenvalue weighted by Crippen LogP contribution is -2.12. The largest absolute Gasteiger partial charge is 0.315 e. The molecule has 0 atom stereocenters. The fraction of sp³-hybridized carbons (Fsp3) is 0.154. The summed E-state index contributed by atoms with van der Waals surface area (Å²) in [4.78, 5) is 16.4. The average Bonchev–Trinajstić information content (AvgIpc) is 3.09. The van der Waals surface area contributed by atoms with Crippen LogP contribution in [0.4, 0.5) is 0 Å². The summed E-state index contributed by atoms with van der Waals surface area (Å²) in [7, 11) is 0. The van der Waals surface area contributed by atoms with Gasteiger partial charge in [-0.15, -0.1) is 22.7 Å². The highest BCUT2D eigenvalue weighted by Crippen LogP contribution is 2.29. The predicted molar refractivity (Wildman–Crippen MR) is 83.1 cm³/mol. The van der Waals surface area contributed by atoms with Gasteiger partial charge in [0, 0.05) is 39.5 Å². The summed E-state index contributed by atoms with van der Waals surface area (Å²) in [6, 6.07) is 6.43. The maximum Gasteiger partial charge on any atom is 0.304 e. The molecule has 3 aromatic rings. The number of rotatable bonds is 5. The van der Waals surface area contributed by atoms with Gasteiger partial charge >= 0.3 is 4.87 Å². The first kappa shape index (κ1) is 12.8. The Balaban J connectivity index is 1.57. The number of hydrogen-bond donors (Lipinski definition) is 2. The summed E-state index contributed by atoms with van der Waals surface area (Å²) >= 11 is 4.73. The van der Waals surface area contributed by atoms with Crippen molar-refractivity contribution < 1.29 is 0 Å². The van der Waals surface area contributed by atoms with Crippen LogP contribution in [0.15, 0.2) is 39.1 Å². The fourth-order valence-corrected chi connectivity index (χ4v) is 3.99. The molecule has 0 saturated carbocycles. The Bertz CT molecular complexity index is 693. The summed E-state index contributed by atoms with van der Waals surface area (Å²) in [5.41, 5.74) is 2.24. The van der Waals surface area contributed by atoms with E-state index >= 15 is 0 Å². The minimum Gasteiger partial charge on any atom is -0.315 e. The van der Waals surface area contributed by atoms with Gasteiger partial charge in [-0.2, -0.15) is 0 Å². The summed E-state index contributed by atoms with van der Waals surface area (Å²) < 4.78 is 0. The van der Waals surface area contributed by atoms with E-state index in [1.54, 1.807) is 22.7 Å². The van der Waals surface area contributed by atoms with Crippen LogP contribution >= 0.6 is 34.0 Å². The number of hydrogen-bond acceptors (Lipinski definition) is 5. The van der Waals surface area contributed by atoms with E-state index in [2.05, 4.69) is 39.3 Å². The van der Waals surface area contributed by atoms with Crippen LogP contribution in [0.5, 0.6) is 0 Å². The minimum atomic E-state index is 0.00732. The third-order valence-electron chi connectivity index (χ3n) is 2.64. The zero-order valence-corrected chi connectivity index (χ0v) is 12.5. The van der Waals surface area contributed by atoms with Crippen LogP contribution in [0.25, 0.3) is 10.4 Å². The minimum absolute atomic E-state index is 0.00732. The number of nitrogens with one attached hydrogen (secondary N) is 2. The van der Waals surface area contributed by atoms with E-state index in [-0.39, 0.29) is 4.87 Å². The van der Waals surface area contributed by atoms with Gasteiger partial charge in [-0.3, -0.25) is 4.79 Å². The second-order valence-corrected chi connectivity index (χ2v) is 6.84. The molecule has 6 heteroatoms. The average molecular weight is 308 g/mol. The molecule has 0 aliphatic heterocycles. The molecule has 0 fully saturated rings. The van der Waals surface area contributed by atoms with E-state index in [1.807, 2.05) is 5.38 Å². The second-order valence-electron chi connectivity index (χ2n) is 4.06. The van der Waals surface area contributed by atoms with Crippen molar-refractivity contribution in [1.82, 2.24) is 10.3 Å². The molecule has 3 aromatic heterocycles. The third-order valence-corrected chi connectivity index (χ3v) is 5.22.